The molecule has 424 valence electrons. The minimum absolute atomic E-state index is 0.0246. The maximum absolute atomic E-state index is 14.0. The molecule has 2 aromatic rings. The molecule has 0 aromatic carbocycles. The molecule has 0 bridgehead atoms. The average Bonchev–Trinajstić information content (AvgIpc) is 3.38. The number of nitrogens with zero attached hydrogens (tertiary/aromatic N) is 6. The highest BCUT2D eigenvalue weighted by atomic mass is 32.2. The van der Waals surface area contributed by atoms with Crippen molar-refractivity contribution in [1.82, 2.24) is 27.4 Å². The Balaban J connectivity index is 2.23. The summed E-state index contributed by atoms with van der Waals surface area (Å²) in [6.07, 6.45) is 1.99. The van der Waals surface area contributed by atoms with Crippen LogP contribution in [0.3, 0.4) is 0 Å². The van der Waals surface area contributed by atoms with Crippen LogP contribution in [-0.4, -0.2) is 202 Å². The topological polar surface area (TPSA) is 206 Å². The fraction of sp³-hybridized carbons (Fsp3) is 0.867. The van der Waals surface area contributed by atoms with Gasteiger partial charge in [-0.3, -0.25) is 0 Å². The van der Waals surface area contributed by atoms with Gasteiger partial charge in [0.1, 0.15) is 0 Å². The van der Waals surface area contributed by atoms with Gasteiger partial charge in [0.25, 0.3) is 0 Å². The molecule has 0 saturated heterocycles. The largest absolute Gasteiger partial charge is 0.378 e. The SMILES string of the molecule is O=c1n(CCCSCCOCCOCCS)c(=O)n(CCCn2c(=O)n(CCCSCCOCCOCCS)c(=O)n(CCCSCCOCCOCCS)c2=O)c(=O)n1CCCSCCOCCOCCS. The summed E-state index contributed by atoms with van der Waals surface area (Å²) >= 11 is 23.0. The third kappa shape index (κ3) is 30.9. The van der Waals surface area contributed by atoms with Crippen molar-refractivity contribution in [3.05, 3.63) is 62.9 Å². The van der Waals surface area contributed by atoms with Crippen LogP contribution in [0.15, 0.2) is 28.8 Å². The lowest BCUT2D eigenvalue weighted by molar-refractivity contribution is 0.0606. The van der Waals surface area contributed by atoms with E-state index < -0.39 is 34.1 Å². The monoisotopic (exact) mass is 1190 g/mol. The number of aromatic nitrogens is 6. The molecule has 2 rings (SSSR count). The zero-order valence-electron chi connectivity index (χ0n) is 42.4. The third-order valence-corrected chi connectivity index (χ3v) is 15.0. The predicted octanol–water partition coefficient (Wildman–Crippen LogP) is 2.09. The van der Waals surface area contributed by atoms with Gasteiger partial charge in [0.2, 0.25) is 0 Å². The van der Waals surface area contributed by atoms with Gasteiger partial charge in [-0.1, -0.05) is 0 Å². The first-order valence-electron chi connectivity index (χ1n) is 25.0. The lowest BCUT2D eigenvalue weighted by Crippen LogP contribution is -2.55. The second-order valence-electron chi connectivity index (χ2n) is 15.6. The van der Waals surface area contributed by atoms with Crippen LogP contribution in [0.25, 0.3) is 0 Å². The van der Waals surface area contributed by atoms with E-state index in [-0.39, 0.29) is 45.7 Å². The maximum Gasteiger partial charge on any atom is 0.336 e. The van der Waals surface area contributed by atoms with Crippen molar-refractivity contribution in [2.45, 2.75) is 71.4 Å². The van der Waals surface area contributed by atoms with Gasteiger partial charge >= 0.3 is 34.1 Å². The number of ether oxygens (including phenoxy) is 8. The molecule has 0 radical (unpaired) electrons. The molecule has 2 heterocycles. The normalized spacial score (nSPS) is 11.7. The Morgan fingerprint density at radius 1 is 0.247 bits per heavy atom. The van der Waals surface area contributed by atoms with Crippen molar-refractivity contribution in [1.29, 1.82) is 0 Å². The minimum atomic E-state index is -0.755. The van der Waals surface area contributed by atoms with E-state index in [1.54, 1.807) is 47.0 Å². The number of rotatable bonds is 52. The minimum Gasteiger partial charge on any atom is -0.378 e. The summed E-state index contributed by atoms with van der Waals surface area (Å²) in [4.78, 5) is 83.4. The van der Waals surface area contributed by atoms with E-state index in [0.29, 0.717) is 177 Å². The quantitative estimate of drug-likeness (QED) is 0.0553. The van der Waals surface area contributed by atoms with Gasteiger partial charge in [-0.15, -0.1) is 0 Å². The lowest BCUT2D eigenvalue weighted by atomic mass is 10.4. The van der Waals surface area contributed by atoms with Gasteiger partial charge < -0.3 is 37.9 Å². The fourth-order valence-electron chi connectivity index (χ4n) is 6.62. The molecule has 73 heavy (non-hydrogen) atoms. The van der Waals surface area contributed by atoms with E-state index in [1.165, 1.54) is 0 Å². The number of thiol groups is 4. The van der Waals surface area contributed by atoms with Crippen molar-refractivity contribution in [2.24, 2.45) is 0 Å². The molecule has 2 aromatic heterocycles. The van der Waals surface area contributed by atoms with Crippen LogP contribution in [0.5, 0.6) is 0 Å². The molecule has 0 unspecified atom stereocenters. The van der Waals surface area contributed by atoms with Crippen molar-refractivity contribution < 1.29 is 37.9 Å². The molecule has 0 aliphatic carbocycles. The summed E-state index contributed by atoms with van der Waals surface area (Å²) < 4.78 is 50.3. The van der Waals surface area contributed by atoms with Crippen molar-refractivity contribution >= 4 is 97.6 Å². The van der Waals surface area contributed by atoms with Crippen LogP contribution >= 0.6 is 97.6 Å². The fourth-order valence-corrected chi connectivity index (χ4v) is 10.2. The van der Waals surface area contributed by atoms with E-state index >= 15 is 0 Å². The molecule has 0 N–H and O–H groups in total. The Bertz CT molecular complexity index is 1790. The van der Waals surface area contributed by atoms with Gasteiger partial charge in [-0.2, -0.15) is 97.6 Å². The predicted molar refractivity (Wildman–Crippen MR) is 313 cm³/mol. The van der Waals surface area contributed by atoms with E-state index in [2.05, 4.69) is 50.5 Å². The van der Waals surface area contributed by atoms with E-state index in [1.807, 2.05) is 0 Å². The van der Waals surface area contributed by atoms with Crippen LogP contribution in [0.2, 0.25) is 0 Å². The summed E-state index contributed by atoms with van der Waals surface area (Å²) in [6.45, 7) is 8.31. The molecule has 20 nitrogen and oxygen atoms in total. The Morgan fingerprint density at radius 2 is 0.425 bits per heavy atom. The second kappa shape index (κ2) is 47.3. The van der Waals surface area contributed by atoms with Crippen LogP contribution in [0.4, 0.5) is 0 Å². The van der Waals surface area contributed by atoms with E-state index in [9.17, 15) is 28.8 Å². The molecule has 0 spiro atoms. The summed E-state index contributed by atoms with van der Waals surface area (Å²) in [5, 5.41) is 0. The molecular formula is C45H82N6O14S8. The Hall–Kier alpha value is -0.700. The first-order valence-corrected chi connectivity index (χ1v) is 32.1. The van der Waals surface area contributed by atoms with Gasteiger partial charge in [-0.05, 0) is 55.1 Å². The maximum atomic E-state index is 14.0. The zero-order chi connectivity index (χ0) is 53.0. The standard InChI is InChI=1S/C45H82N6O14S8/c52-40-46(41(53)49(9-3-33-71-37-25-63-17-13-59-21-29-67)44(56)48(40)8-2-32-70-36-24-62-16-12-58-20-28-66)6-1-7-47-42(54)50(10-4-34-72-38-26-64-18-14-60-22-30-68)45(57)51(43(47)55)11-5-35-73-39-27-65-19-15-61-23-31-69/h66-69H,1-39H2. The van der Waals surface area contributed by atoms with Crippen LogP contribution < -0.4 is 34.1 Å². The van der Waals surface area contributed by atoms with Crippen LogP contribution in [-0.2, 0) is 77.2 Å². The molecule has 28 heteroatoms. The van der Waals surface area contributed by atoms with Crippen molar-refractivity contribution in [3.8, 4) is 0 Å². The van der Waals surface area contributed by atoms with Gasteiger partial charge in [0.05, 0.1) is 106 Å². The van der Waals surface area contributed by atoms with Crippen LogP contribution in [0, 0.1) is 0 Å². The number of hydrogen-bond donors (Lipinski definition) is 4. The summed E-state index contributed by atoms with van der Waals surface area (Å²) in [7, 11) is 0. The Kier molecular flexibility index (Phi) is 44.3. The third-order valence-electron chi connectivity index (χ3n) is 10.1. The van der Waals surface area contributed by atoms with Gasteiger partial charge in [-0.25, -0.2) is 56.2 Å². The molecular weight excluding hydrogens is 1110 g/mol. The van der Waals surface area contributed by atoms with Crippen molar-refractivity contribution in [2.75, 3.05) is 175 Å². The lowest BCUT2D eigenvalue weighted by Gasteiger charge is -2.16. The molecule has 0 atom stereocenters. The van der Waals surface area contributed by atoms with Crippen LogP contribution in [0.1, 0.15) is 32.1 Å². The molecule has 0 saturated carbocycles. The molecule has 0 aliphatic rings. The highest BCUT2D eigenvalue weighted by molar-refractivity contribution is 7.99. The zero-order valence-corrected chi connectivity index (χ0v) is 49.2. The average molecular weight is 1190 g/mol. The van der Waals surface area contributed by atoms with E-state index in [4.69, 9.17) is 37.9 Å². The number of hydrogen-bond acceptors (Lipinski definition) is 22. The first kappa shape index (κ1) is 68.4. The van der Waals surface area contributed by atoms with E-state index in [0.717, 1.165) is 50.4 Å². The van der Waals surface area contributed by atoms with Crippen molar-refractivity contribution in [3.63, 3.8) is 0 Å². The first-order chi connectivity index (χ1) is 35.7. The smallest absolute Gasteiger partial charge is 0.336 e. The summed E-state index contributed by atoms with van der Waals surface area (Å²) in [5.74, 6) is 8.06. The highest BCUT2D eigenvalue weighted by Crippen LogP contribution is 2.06. The number of thioether (sulfide) groups is 4. The molecule has 0 aliphatic heterocycles. The van der Waals surface area contributed by atoms with Gasteiger partial charge in [0.15, 0.2) is 0 Å². The molecule has 0 amide bonds. The Morgan fingerprint density at radius 3 is 0.616 bits per heavy atom. The van der Waals surface area contributed by atoms with Gasteiger partial charge in [0, 0.05) is 85.3 Å². The summed E-state index contributed by atoms with van der Waals surface area (Å²) in [6, 6.07) is 0. The highest BCUT2D eigenvalue weighted by Gasteiger charge is 2.18. The summed E-state index contributed by atoms with van der Waals surface area (Å²) in [5.41, 5.74) is -4.38. The second-order valence-corrected chi connectivity index (χ2v) is 22.3. The Labute approximate surface area is 468 Å². The molecule has 0 fully saturated rings.